The molecule has 1 amide bonds. The molecule has 0 rings (SSSR count). The van der Waals surface area contributed by atoms with E-state index in [1.807, 2.05) is 0 Å². The van der Waals surface area contributed by atoms with Crippen LogP contribution in [-0.2, 0) is 14.4 Å². The quantitative estimate of drug-likeness (QED) is 0.238. The lowest BCUT2D eigenvalue weighted by atomic mass is 10.1. The lowest BCUT2D eigenvalue weighted by Gasteiger charge is -2.28. The van der Waals surface area contributed by atoms with Crippen molar-refractivity contribution < 1.29 is 29.7 Å². The molecule has 0 saturated carbocycles. The van der Waals surface area contributed by atoms with Crippen LogP contribution in [0.3, 0.4) is 0 Å². The Balaban J connectivity index is 4.19. The van der Waals surface area contributed by atoms with Crippen LogP contribution in [0.2, 0.25) is 0 Å². The highest BCUT2D eigenvalue weighted by Crippen LogP contribution is 2.12. The first kappa shape index (κ1) is 26.3. The first-order valence-corrected chi connectivity index (χ1v) is 10.4. The third kappa shape index (κ3) is 14.4. The van der Waals surface area contributed by atoms with E-state index in [1.165, 1.54) is 55.2 Å². The van der Waals surface area contributed by atoms with Gasteiger partial charge in [-0.05, 0) is 13.3 Å². The van der Waals surface area contributed by atoms with E-state index < -0.39 is 31.3 Å². The normalized spacial score (nSPS) is 12.1. The van der Waals surface area contributed by atoms with Gasteiger partial charge in [-0.2, -0.15) is 0 Å². The van der Waals surface area contributed by atoms with Crippen LogP contribution in [-0.4, -0.2) is 75.4 Å². The second kappa shape index (κ2) is 16.3. The van der Waals surface area contributed by atoms with Crippen molar-refractivity contribution in [3.63, 3.8) is 0 Å². The summed E-state index contributed by atoms with van der Waals surface area (Å²) in [7, 11) is 0. The fourth-order valence-electron chi connectivity index (χ4n) is 3.10. The summed E-state index contributed by atoms with van der Waals surface area (Å²) in [6, 6.07) is 0. The molecular weight excluding hydrogens is 364 g/mol. The number of unbranched alkanes of at least 4 members (excludes halogenated alkanes) is 8. The molecule has 28 heavy (non-hydrogen) atoms. The van der Waals surface area contributed by atoms with E-state index in [9.17, 15) is 19.5 Å². The predicted octanol–water partition coefficient (Wildman–Crippen LogP) is 2.55. The van der Waals surface area contributed by atoms with Crippen LogP contribution in [0.15, 0.2) is 0 Å². The molecule has 0 fully saturated rings. The van der Waals surface area contributed by atoms with Gasteiger partial charge in [0.25, 0.3) is 0 Å². The summed E-state index contributed by atoms with van der Waals surface area (Å²) in [4.78, 5) is 36.6. The molecule has 0 aliphatic rings. The van der Waals surface area contributed by atoms with E-state index in [0.29, 0.717) is 6.42 Å². The highest BCUT2D eigenvalue weighted by Gasteiger charge is 2.20. The van der Waals surface area contributed by atoms with Crippen molar-refractivity contribution in [3.8, 4) is 0 Å². The summed E-state index contributed by atoms with van der Waals surface area (Å²) in [5.74, 6) is -2.46. The van der Waals surface area contributed by atoms with Crippen LogP contribution in [0.5, 0.6) is 0 Å². The molecule has 0 heterocycles. The van der Waals surface area contributed by atoms with Gasteiger partial charge in [0.2, 0.25) is 5.91 Å². The van der Waals surface area contributed by atoms with Gasteiger partial charge in [-0.3, -0.25) is 19.3 Å². The molecule has 8 heteroatoms. The zero-order valence-electron chi connectivity index (χ0n) is 17.4. The van der Waals surface area contributed by atoms with Crippen LogP contribution < -0.4 is 0 Å². The topological polar surface area (TPSA) is 118 Å². The third-order valence-corrected chi connectivity index (χ3v) is 4.64. The number of carboxylic acid groups (broad SMARTS) is 2. The van der Waals surface area contributed by atoms with Crippen LogP contribution in [0.4, 0.5) is 0 Å². The van der Waals surface area contributed by atoms with E-state index >= 15 is 0 Å². The van der Waals surface area contributed by atoms with Crippen LogP contribution in [0.25, 0.3) is 0 Å². The average Bonchev–Trinajstić information content (AvgIpc) is 2.59. The number of hydrogen-bond donors (Lipinski definition) is 3. The summed E-state index contributed by atoms with van der Waals surface area (Å²) in [6.07, 6.45) is 9.66. The minimum Gasteiger partial charge on any atom is -0.480 e. The van der Waals surface area contributed by atoms with Crippen LogP contribution in [0.1, 0.15) is 78.1 Å². The summed E-state index contributed by atoms with van der Waals surface area (Å²) in [6.45, 7) is 3.00. The van der Waals surface area contributed by atoms with E-state index in [2.05, 4.69) is 6.92 Å². The monoisotopic (exact) mass is 402 g/mol. The average molecular weight is 403 g/mol. The zero-order chi connectivity index (χ0) is 21.4. The number of carbonyl (C=O) groups excluding carboxylic acids is 1. The van der Waals surface area contributed by atoms with Crippen molar-refractivity contribution in [1.29, 1.82) is 0 Å². The minimum atomic E-state index is -1.13. The maximum Gasteiger partial charge on any atom is 0.317 e. The van der Waals surface area contributed by atoms with E-state index in [4.69, 9.17) is 10.2 Å². The Kier molecular flexibility index (Phi) is 15.3. The number of rotatable bonds is 18. The van der Waals surface area contributed by atoms with E-state index in [1.54, 1.807) is 0 Å². The summed E-state index contributed by atoms with van der Waals surface area (Å²) in [5.41, 5.74) is 0. The largest absolute Gasteiger partial charge is 0.480 e. The fraction of sp³-hybridized carbons (Fsp3) is 0.850. The van der Waals surface area contributed by atoms with Crippen molar-refractivity contribution in [3.05, 3.63) is 0 Å². The number of aliphatic hydroxyl groups excluding tert-OH is 1. The summed E-state index contributed by atoms with van der Waals surface area (Å²) >= 11 is 0. The number of aliphatic carboxylic acids is 2. The standard InChI is InChI=1S/C20H38N2O6/c1-3-4-5-6-7-8-9-10-11-12-18(24)22(17(2)23)14-13-21(15-19(25)26)16-20(27)28/h17,23H,3-16H2,1-2H3,(H,25,26)(H,27,28). The van der Waals surface area contributed by atoms with Crippen LogP contribution in [0, 0.1) is 0 Å². The Labute approximate surface area is 168 Å². The van der Waals surface area contributed by atoms with Gasteiger partial charge in [0.05, 0.1) is 13.1 Å². The number of nitrogens with zero attached hydrogens (tertiary/aromatic N) is 2. The van der Waals surface area contributed by atoms with Crippen molar-refractivity contribution in [2.75, 3.05) is 26.2 Å². The lowest BCUT2D eigenvalue weighted by Crippen LogP contribution is -2.45. The van der Waals surface area contributed by atoms with E-state index in [0.717, 1.165) is 19.3 Å². The van der Waals surface area contributed by atoms with Crippen molar-refractivity contribution in [1.82, 2.24) is 9.80 Å². The molecule has 0 radical (unpaired) electrons. The first-order chi connectivity index (χ1) is 13.3. The maximum atomic E-state index is 12.4. The van der Waals surface area contributed by atoms with Gasteiger partial charge < -0.3 is 20.2 Å². The highest BCUT2D eigenvalue weighted by atomic mass is 16.4. The summed E-state index contributed by atoms with van der Waals surface area (Å²) < 4.78 is 0. The predicted molar refractivity (Wildman–Crippen MR) is 107 cm³/mol. The molecule has 0 aromatic rings. The van der Waals surface area contributed by atoms with Crippen molar-refractivity contribution >= 4 is 17.8 Å². The number of carbonyl (C=O) groups is 3. The van der Waals surface area contributed by atoms with Gasteiger partial charge in [0.15, 0.2) is 0 Å². The highest BCUT2D eigenvalue weighted by molar-refractivity contribution is 5.76. The molecule has 1 atom stereocenters. The molecule has 0 aliphatic carbocycles. The Hall–Kier alpha value is -1.67. The number of hydrogen-bond acceptors (Lipinski definition) is 5. The Morgan fingerprint density at radius 1 is 0.786 bits per heavy atom. The van der Waals surface area contributed by atoms with Gasteiger partial charge in [0.1, 0.15) is 6.23 Å². The number of aliphatic hydroxyl groups is 1. The van der Waals surface area contributed by atoms with Gasteiger partial charge in [-0.25, -0.2) is 0 Å². The lowest BCUT2D eigenvalue weighted by molar-refractivity contribution is -0.142. The van der Waals surface area contributed by atoms with Crippen molar-refractivity contribution in [2.45, 2.75) is 84.3 Å². The van der Waals surface area contributed by atoms with Crippen molar-refractivity contribution in [2.24, 2.45) is 0 Å². The van der Waals surface area contributed by atoms with Gasteiger partial charge >= 0.3 is 11.9 Å². The molecule has 0 spiro atoms. The fourth-order valence-corrected chi connectivity index (χ4v) is 3.10. The molecule has 8 nitrogen and oxygen atoms in total. The molecule has 164 valence electrons. The molecule has 0 saturated heterocycles. The van der Waals surface area contributed by atoms with E-state index in [-0.39, 0.29) is 19.0 Å². The van der Waals surface area contributed by atoms with Gasteiger partial charge in [-0.15, -0.1) is 0 Å². The number of carboxylic acids is 2. The molecule has 0 aromatic carbocycles. The molecule has 0 bridgehead atoms. The minimum absolute atomic E-state index is 0.0764. The molecule has 0 aromatic heterocycles. The molecular formula is C20H38N2O6. The number of amides is 1. The Bertz CT molecular complexity index is 440. The molecule has 0 aliphatic heterocycles. The van der Waals surface area contributed by atoms with Gasteiger partial charge in [-0.1, -0.05) is 58.3 Å². The van der Waals surface area contributed by atoms with Crippen LogP contribution >= 0.6 is 0 Å². The van der Waals surface area contributed by atoms with Gasteiger partial charge in [0, 0.05) is 19.5 Å². The molecule has 1 unspecified atom stereocenters. The third-order valence-electron chi connectivity index (χ3n) is 4.64. The maximum absolute atomic E-state index is 12.4. The Morgan fingerprint density at radius 2 is 1.25 bits per heavy atom. The SMILES string of the molecule is CCCCCCCCCCCC(=O)N(CCN(CC(=O)O)CC(=O)O)C(C)O. The summed E-state index contributed by atoms with van der Waals surface area (Å²) in [5, 5.41) is 27.6. The molecule has 3 N–H and O–H groups in total. The smallest absolute Gasteiger partial charge is 0.317 e. The zero-order valence-corrected chi connectivity index (χ0v) is 17.4. The second-order valence-electron chi connectivity index (χ2n) is 7.30. The Morgan fingerprint density at radius 3 is 1.68 bits per heavy atom. The first-order valence-electron chi connectivity index (χ1n) is 10.4. The second-order valence-corrected chi connectivity index (χ2v) is 7.30.